The maximum Gasteiger partial charge on any atom is 0.122 e. The quantitative estimate of drug-likeness (QED) is 0.802. The van der Waals surface area contributed by atoms with Crippen LogP contribution in [0.15, 0.2) is 30.3 Å². The average Bonchev–Trinajstić information content (AvgIpc) is 2.30. The number of benzene rings is 2. The Labute approximate surface area is 128 Å². The van der Waals surface area contributed by atoms with E-state index in [0.29, 0.717) is 5.75 Å². The molecule has 0 radical (unpaired) electrons. The minimum absolute atomic E-state index is 0.0482. The molecule has 0 saturated heterocycles. The molecule has 112 valence electrons. The predicted octanol–water partition coefficient (Wildman–Crippen LogP) is 5.21. The second-order valence-corrected chi connectivity index (χ2v) is 7.24. The zero-order chi connectivity index (χ0) is 15.8. The topological polar surface area (TPSA) is 20.2 Å². The molecule has 21 heavy (non-hydrogen) atoms. The largest absolute Gasteiger partial charge is 0.507 e. The number of hydrogen-bond donors (Lipinski definition) is 1. The minimum Gasteiger partial charge on any atom is -0.507 e. The number of aromatic hydroxyl groups is 1. The third-order valence-electron chi connectivity index (χ3n) is 3.82. The molecule has 0 atom stereocenters. The lowest BCUT2D eigenvalue weighted by atomic mass is 9.83. The summed E-state index contributed by atoms with van der Waals surface area (Å²) in [7, 11) is 0. The average molecular weight is 282 g/mol. The summed E-state index contributed by atoms with van der Waals surface area (Å²) in [6, 6.07) is 10.8. The first-order valence-electron chi connectivity index (χ1n) is 7.57. The van der Waals surface area contributed by atoms with Gasteiger partial charge in [-0.2, -0.15) is 0 Å². The van der Waals surface area contributed by atoms with Crippen LogP contribution in [0.4, 0.5) is 0 Å². The van der Waals surface area contributed by atoms with Crippen molar-refractivity contribution in [1.82, 2.24) is 0 Å². The highest BCUT2D eigenvalue weighted by atomic mass is 16.3. The molecular formula is C20H26O. The van der Waals surface area contributed by atoms with Gasteiger partial charge in [-0.25, -0.2) is 0 Å². The van der Waals surface area contributed by atoms with E-state index in [1.165, 1.54) is 22.3 Å². The molecular weight excluding hydrogens is 256 g/mol. The van der Waals surface area contributed by atoms with Crippen LogP contribution in [0.5, 0.6) is 5.75 Å². The second kappa shape index (κ2) is 5.55. The molecule has 1 heteroatoms. The van der Waals surface area contributed by atoms with Crippen molar-refractivity contribution in [3.63, 3.8) is 0 Å². The van der Waals surface area contributed by atoms with Crippen LogP contribution in [0.2, 0.25) is 0 Å². The van der Waals surface area contributed by atoms with Crippen LogP contribution < -0.4 is 0 Å². The van der Waals surface area contributed by atoms with Crippen molar-refractivity contribution in [2.24, 2.45) is 0 Å². The van der Waals surface area contributed by atoms with Crippen LogP contribution in [0.1, 0.15) is 54.2 Å². The normalized spacial score (nSPS) is 11.7. The van der Waals surface area contributed by atoms with Crippen LogP contribution in [-0.4, -0.2) is 5.11 Å². The molecule has 0 heterocycles. The molecule has 2 rings (SSSR count). The number of phenolic OH excluding ortho intramolecular Hbond substituents is 1. The zero-order valence-electron chi connectivity index (χ0n) is 14.0. The lowest BCUT2D eigenvalue weighted by Crippen LogP contribution is -2.12. The van der Waals surface area contributed by atoms with Gasteiger partial charge in [-0.3, -0.25) is 0 Å². The number of rotatable bonds is 2. The monoisotopic (exact) mass is 282 g/mol. The summed E-state index contributed by atoms with van der Waals surface area (Å²) in [5.74, 6) is 0.451. The second-order valence-electron chi connectivity index (χ2n) is 7.24. The third-order valence-corrected chi connectivity index (χ3v) is 3.82. The van der Waals surface area contributed by atoms with Gasteiger partial charge in [0, 0.05) is 6.42 Å². The van der Waals surface area contributed by atoms with Gasteiger partial charge in [0.2, 0.25) is 0 Å². The molecule has 0 unspecified atom stereocenters. The smallest absolute Gasteiger partial charge is 0.122 e. The molecule has 0 aliphatic carbocycles. The molecule has 0 aliphatic rings. The molecule has 0 spiro atoms. The molecule has 0 saturated carbocycles. The first-order chi connectivity index (χ1) is 9.66. The van der Waals surface area contributed by atoms with Gasteiger partial charge in [0.1, 0.15) is 5.75 Å². The van der Waals surface area contributed by atoms with E-state index in [4.69, 9.17) is 0 Å². The highest BCUT2D eigenvalue weighted by molar-refractivity contribution is 5.49. The summed E-state index contributed by atoms with van der Waals surface area (Å²) in [5, 5.41) is 10.6. The number of phenols is 1. The van der Waals surface area contributed by atoms with Crippen molar-refractivity contribution in [3.8, 4) is 5.75 Å². The van der Waals surface area contributed by atoms with Crippen molar-refractivity contribution in [1.29, 1.82) is 0 Å². The number of aryl methyl sites for hydroxylation is 3. The van der Waals surface area contributed by atoms with Crippen molar-refractivity contribution in [2.75, 3.05) is 0 Å². The highest BCUT2D eigenvalue weighted by Crippen LogP contribution is 2.35. The van der Waals surface area contributed by atoms with Crippen LogP contribution in [0.3, 0.4) is 0 Å². The molecule has 1 N–H and O–H groups in total. The molecule has 0 aromatic heterocycles. The highest BCUT2D eigenvalue weighted by Gasteiger charge is 2.20. The summed E-state index contributed by atoms with van der Waals surface area (Å²) in [6.45, 7) is 12.8. The Morgan fingerprint density at radius 1 is 0.810 bits per heavy atom. The summed E-state index contributed by atoms with van der Waals surface area (Å²) in [4.78, 5) is 0. The molecule has 0 aliphatic heterocycles. The van der Waals surface area contributed by atoms with Crippen molar-refractivity contribution >= 4 is 0 Å². The molecule has 0 fully saturated rings. The first kappa shape index (κ1) is 15.6. The predicted molar refractivity (Wildman–Crippen MR) is 90.3 cm³/mol. The third kappa shape index (κ3) is 3.66. The molecule has 0 bridgehead atoms. The van der Waals surface area contributed by atoms with Crippen molar-refractivity contribution < 1.29 is 5.11 Å². The Balaban J connectivity index is 2.47. The van der Waals surface area contributed by atoms with Gasteiger partial charge >= 0.3 is 0 Å². The van der Waals surface area contributed by atoms with E-state index in [1.807, 2.05) is 0 Å². The maximum atomic E-state index is 10.6. The standard InChI is InChI=1S/C20H26O/c1-13-7-14(2)9-16(8-13)12-17-10-15(3)11-18(19(17)21)20(4,5)6/h7-11,21H,12H2,1-6H3. The van der Waals surface area contributed by atoms with E-state index < -0.39 is 0 Å². The fourth-order valence-corrected chi connectivity index (χ4v) is 2.95. The van der Waals surface area contributed by atoms with Gasteiger partial charge in [-0.05, 0) is 42.9 Å². The summed E-state index contributed by atoms with van der Waals surface area (Å²) in [6.07, 6.45) is 0.777. The molecule has 0 amide bonds. The molecule has 2 aromatic rings. The Kier molecular flexibility index (Phi) is 4.13. The van der Waals surface area contributed by atoms with E-state index in [-0.39, 0.29) is 5.41 Å². The van der Waals surface area contributed by atoms with Gasteiger partial charge in [-0.15, -0.1) is 0 Å². The summed E-state index contributed by atoms with van der Waals surface area (Å²) < 4.78 is 0. The SMILES string of the molecule is Cc1cc(C)cc(Cc2cc(C)cc(C(C)(C)C)c2O)c1. The fourth-order valence-electron chi connectivity index (χ4n) is 2.95. The Hall–Kier alpha value is -1.76. The van der Waals surface area contributed by atoms with E-state index in [0.717, 1.165) is 17.5 Å². The van der Waals surface area contributed by atoms with E-state index in [1.54, 1.807) is 0 Å². The summed E-state index contributed by atoms with van der Waals surface area (Å²) in [5.41, 5.74) is 7.01. The first-order valence-corrected chi connectivity index (χ1v) is 7.57. The van der Waals surface area contributed by atoms with Gasteiger partial charge in [0.15, 0.2) is 0 Å². The molecule has 1 nitrogen and oxygen atoms in total. The zero-order valence-corrected chi connectivity index (χ0v) is 14.0. The maximum absolute atomic E-state index is 10.6. The summed E-state index contributed by atoms with van der Waals surface area (Å²) >= 11 is 0. The van der Waals surface area contributed by atoms with Gasteiger partial charge < -0.3 is 5.11 Å². The van der Waals surface area contributed by atoms with Crippen LogP contribution in [0, 0.1) is 20.8 Å². The van der Waals surface area contributed by atoms with Gasteiger partial charge in [0.05, 0.1) is 0 Å². The van der Waals surface area contributed by atoms with E-state index in [9.17, 15) is 5.11 Å². The van der Waals surface area contributed by atoms with Crippen molar-refractivity contribution in [3.05, 3.63) is 63.7 Å². The Morgan fingerprint density at radius 2 is 1.33 bits per heavy atom. The van der Waals surface area contributed by atoms with Gasteiger partial charge in [0.25, 0.3) is 0 Å². The van der Waals surface area contributed by atoms with Gasteiger partial charge in [-0.1, -0.05) is 67.8 Å². The molecule has 2 aromatic carbocycles. The lowest BCUT2D eigenvalue weighted by Gasteiger charge is -2.23. The fraction of sp³-hybridized carbons (Fsp3) is 0.400. The lowest BCUT2D eigenvalue weighted by molar-refractivity contribution is 0.441. The van der Waals surface area contributed by atoms with Crippen molar-refractivity contribution in [2.45, 2.75) is 53.4 Å². The number of hydrogen-bond acceptors (Lipinski definition) is 1. The minimum atomic E-state index is -0.0482. The van der Waals surface area contributed by atoms with Crippen LogP contribution in [0.25, 0.3) is 0 Å². The van der Waals surface area contributed by atoms with E-state index >= 15 is 0 Å². The Bertz CT molecular complexity index is 640. The van der Waals surface area contributed by atoms with E-state index in [2.05, 4.69) is 71.9 Å². The van der Waals surface area contributed by atoms with Crippen LogP contribution >= 0.6 is 0 Å². The van der Waals surface area contributed by atoms with Crippen LogP contribution in [-0.2, 0) is 11.8 Å². The Morgan fingerprint density at radius 3 is 1.86 bits per heavy atom.